The van der Waals surface area contributed by atoms with Crippen molar-refractivity contribution in [3.63, 3.8) is 0 Å². The highest BCUT2D eigenvalue weighted by Gasteiger charge is 2.24. The minimum Gasteiger partial charge on any atom is -0.333 e. The van der Waals surface area contributed by atoms with Gasteiger partial charge in [-0.15, -0.1) is 0 Å². The van der Waals surface area contributed by atoms with Gasteiger partial charge in [0, 0.05) is 31.5 Å². The fourth-order valence-electron chi connectivity index (χ4n) is 2.44. The van der Waals surface area contributed by atoms with E-state index in [2.05, 4.69) is 46.7 Å². The van der Waals surface area contributed by atoms with Gasteiger partial charge in [-0.25, -0.2) is 4.98 Å². The predicted molar refractivity (Wildman–Crippen MR) is 69.8 cm³/mol. The van der Waals surface area contributed by atoms with E-state index in [4.69, 9.17) is 0 Å². The highest BCUT2D eigenvalue weighted by Crippen LogP contribution is 2.17. The molecular weight excluding hydrogens is 212 g/mol. The van der Waals surface area contributed by atoms with Crippen molar-refractivity contribution in [1.29, 1.82) is 0 Å². The molecule has 4 heteroatoms. The van der Waals surface area contributed by atoms with Crippen molar-refractivity contribution < 1.29 is 0 Å². The number of fused-ring (bicyclic) bond motifs is 1. The van der Waals surface area contributed by atoms with Crippen LogP contribution >= 0.6 is 0 Å². The van der Waals surface area contributed by atoms with Gasteiger partial charge in [0.25, 0.3) is 0 Å². The topological polar surface area (TPSA) is 33.1 Å². The van der Waals surface area contributed by atoms with Crippen molar-refractivity contribution in [2.75, 3.05) is 19.6 Å². The molecule has 0 aliphatic carbocycles. The Morgan fingerprint density at radius 2 is 2.24 bits per heavy atom. The molecule has 2 heterocycles. The first-order valence-electron chi connectivity index (χ1n) is 6.67. The zero-order valence-corrected chi connectivity index (χ0v) is 11.2. The highest BCUT2D eigenvalue weighted by molar-refractivity contribution is 4.96. The van der Waals surface area contributed by atoms with Gasteiger partial charge >= 0.3 is 0 Å². The number of aromatic nitrogens is 2. The largest absolute Gasteiger partial charge is 0.333 e. The smallest absolute Gasteiger partial charge is 0.122 e. The van der Waals surface area contributed by atoms with Crippen LogP contribution in [0.25, 0.3) is 0 Å². The summed E-state index contributed by atoms with van der Waals surface area (Å²) in [6.07, 6.45) is 3.99. The number of rotatable bonds is 5. The van der Waals surface area contributed by atoms with E-state index in [0.717, 1.165) is 32.7 Å². The van der Waals surface area contributed by atoms with E-state index < -0.39 is 0 Å². The normalized spacial score (nSPS) is 19.9. The maximum Gasteiger partial charge on any atom is 0.122 e. The van der Waals surface area contributed by atoms with Crippen LogP contribution in [0.4, 0.5) is 0 Å². The zero-order valence-electron chi connectivity index (χ0n) is 11.2. The molecule has 0 saturated carbocycles. The van der Waals surface area contributed by atoms with Crippen LogP contribution < -0.4 is 5.32 Å². The van der Waals surface area contributed by atoms with Gasteiger partial charge in [0.05, 0.1) is 6.54 Å². The SMILES string of the molecule is CCNCC(C)C(C)N1CCn2ccnc2C1. The van der Waals surface area contributed by atoms with Crippen molar-refractivity contribution in [3.8, 4) is 0 Å². The molecule has 0 aromatic carbocycles. The predicted octanol–water partition coefficient (Wildman–Crippen LogP) is 1.33. The van der Waals surface area contributed by atoms with Crippen molar-refractivity contribution >= 4 is 0 Å². The van der Waals surface area contributed by atoms with E-state index in [0.29, 0.717) is 12.0 Å². The average Bonchev–Trinajstić information content (AvgIpc) is 2.81. The van der Waals surface area contributed by atoms with Crippen LogP contribution in [0.15, 0.2) is 12.4 Å². The van der Waals surface area contributed by atoms with Crippen molar-refractivity contribution in [2.45, 2.75) is 39.9 Å². The van der Waals surface area contributed by atoms with Gasteiger partial charge in [-0.2, -0.15) is 0 Å². The summed E-state index contributed by atoms with van der Waals surface area (Å²) < 4.78 is 2.26. The van der Waals surface area contributed by atoms with Gasteiger partial charge in [0.2, 0.25) is 0 Å². The highest BCUT2D eigenvalue weighted by atomic mass is 15.3. The molecule has 4 nitrogen and oxygen atoms in total. The van der Waals surface area contributed by atoms with Crippen molar-refractivity contribution in [2.24, 2.45) is 5.92 Å². The Morgan fingerprint density at radius 1 is 1.41 bits per heavy atom. The molecule has 0 spiro atoms. The summed E-state index contributed by atoms with van der Waals surface area (Å²) in [5.41, 5.74) is 0. The van der Waals surface area contributed by atoms with E-state index in [1.165, 1.54) is 5.82 Å². The summed E-state index contributed by atoms with van der Waals surface area (Å²) in [5.74, 6) is 1.88. The Hall–Kier alpha value is -0.870. The second kappa shape index (κ2) is 5.65. The van der Waals surface area contributed by atoms with E-state index in [-0.39, 0.29) is 0 Å². The summed E-state index contributed by atoms with van der Waals surface area (Å²) in [4.78, 5) is 6.96. The van der Waals surface area contributed by atoms with Gasteiger partial charge in [-0.1, -0.05) is 13.8 Å². The Bertz CT molecular complexity index is 347. The Kier molecular flexibility index (Phi) is 4.18. The summed E-state index contributed by atoms with van der Waals surface area (Å²) in [6, 6.07) is 0.611. The van der Waals surface area contributed by atoms with Crippen LogP contribution in [0, 0.1) is 5.92 Å². The molecule has 0 saturated heterocycles. The zero-order chi connectivity index (χ0) is 12.3. The third-order valence-electron chi connectivity index (χ3n) is 3.89. The molecule has 0 radical (unpaired) electrons. The lowest BCUT2D eigenvalue weighted by molar-refractivity contribution is 0.124. The molecular formula is C13H24N4. The minimum absolute atomic E-state index is 0.611. The van der Waals surface area contributed by atoms with E-state index in [1.54, 1.807) is 0 Å². The first kappa shape index (κ1) is 12.6. The molecule has 1 N–H and O–H groups in total. The minimum atomic E-state index is 0.611. The lowest BCUT2D eigenvalue weighted by Crippen LogP contribution is -2.45. The maximum atomic E-state index is 4.42. The molecule has 17 heavy (non-hydrogen) atoms. The van der Waals surface area contributed by atoms with Crippen LogP contribution in [0.5, 0.6) is 0 Å². The van der Waals surface area contributed by atoms with Crippen LogP contribution in [-0.4, -0.2) is 40.1 Å². The monoisotopic (exact) mass is 236 g/mol. The average molecular weight is 236 g/mol. The summed E-state index contributed by atoms with van der Waals surface area (Å²) in [6.45, 7) is 12.2. The number of nitrogens with one attached hydrogen (secondary N) is 1. The number of hydrogen-bond donors (Lipinski definition) is 1. The van der Waals surface area contributed by atoms with Gasteiger partial charge in [-0.3, -0.25) is 4.90 Å². The molecule has 2 unspecified atom stereocenters. The number of imidazole rings is 1. The standard InChI is InChI=1S/C13H24N4/c1-4-14-9-11(2)12(3)17-8-7-16-6-5-15-13(16)10-17/h5-6,11-12,14H,4,7-10H2,1-3H3. The van der Waals surface area contributed by atoms with Crippen LogP contribution in [0.1, 0.15) is 26.6 Å². The first-order valence-corrected chi connectivity index (χ1v) is 6.67. The molecule has 1 aliphatic heterocycles. The molecule has 0 fully saturated rings. The fourth-order valence-corrected chi connectivity index (χ4v) is 2.44. The van der Waals surface area contributed by atoms with Gasteiger partial charge in [0.15, 0.2) is 0 Å². The summed E-state index contributed by atoms with van der Waals surface area (Å²) >= 11 is 0. The first-order chi connectivity index (χ1) is 8.22. The fraction of sp³-hybridized carbons (Fsp3) is 0.769. The molecule has 1 aromatic heterocycles. The molecule has 0 amide bonds. The Morgan fingerprint density at radius 3 is 3.00 bits per heavy atom. The Labute approximate surface area is 104 Å². The number of hydrogen-bond acceptors (Lipinski definition) is 3. The van der Waals surface area contributed by atoms with Crippen LogP contribution in [0.3, 0.4) is 0 Å². The molecule has 2 rings (SSSR count). The van der Waals surface area contributed by atoms with Crippen molar-refractivity contribution in [3.05, 3.63) is 18.2 Å². The van der Waals surface area contributed by atoms with E-state index >= 15 is 0 Å². The summed E-state index contributed by atoms with van der Waals surface area (Å²) in [5, 5.41) is 3.43. The van der Waals surface area contributed by atoms with Crippen LogP contribution in [0.2, 0.25) is 0 Å². The van der Waals surface area contributed by atoms with E-state index in [9.17, 15) is 0 Å². The molecule has 0 bridgehead atoms. The number of nitrogens with zero attached hydrogens (tertiary/aromatic N) is 3. The second-order valence-electron chi connectivity index (χ2n) is 5.03. The lowest BCUT2D eigenvalue weighted by atomic mass is 10.0. The van der Waals surface area contributed by atoms with Crippen LogP contribution in [-0.2, 0) is 13.1 Å². The quantitative estimate of drug-likeness (QED) is 0.837. The molecule has 1 aliphatic rings. The van der Waals surface area contributed by atoms with Gasteiger partial charge in [0.1, 0.15) is 5.82 Å². The van der Waals surface area contributed by atoms with Gasteiger partial charge in [-0.05, 0) is 25.9 Å². The molecule has 96 valence electrons. The maximum absolute atomic E-state index is 4.42. The lowest BCUT2D eigenvalue weighted by Gasteiger charge is -2.36. The second-order valence-corrected chi connectivity index (χ2v) is 5.03. The molecule has 2 atom stereocenters. The van der Waals surface area contributed by atoms with Gasteiger partial charge < -0.3 is 9.88 Å². The molecule has 1 aromatic rings. The third kappa shape index (κ3) is 2.87. The Balaban J connectivity index is 1.91. The van der Waals surface area contributed by atoms with E-state index in [1.807, 2.05) is 6.20 Å². The third-order valence-corrected chi connectivity index (χ3v) is 3.89. The van der Waals surface area contributed by atoms with Crippen molar-refractivity contribution in [1.82, 2.24) is 19.8 Å². The summed E-state index contributed by atoms with van der Waals surface area (Å²) in [7, 11) is 0.